The fourth-order valence-corrected chi connectivity index (χ4v) is 1.66. The van der Waals surface area contributed by atoms with E-state index in [1.165, 1.54) is 6.08 Å². The zero-order chi connectivity index (χ0) is 10.6. The van der Waals surface area contributed by atoms with Gasteiger partial charge in [0.15, 0.2) is 0 Å². The molecule has 0 unspecified atom stereocenters. The molecule has 0 spiro atoms. The summed E-state index contributed by atoms with van der Waals surface area (Å²) in [6, 6.07) is 0.413. The Morgan fingerprint density at radius 3 is 2.50 bits per heavy atom. The smallest absolute Gasteiger partial charge is 0.246 e. The van der Waals surface area contributed by atoms with E-state index in [9.17, 15) is 4.79 Å². The molecule has 0 aromatic carbocycles. The molecule has 80 valence electrons. The number of carbonyl (C=O) groups is 1. The van der Waals surface area contributed by atoms with Crippen molar-refractivity contribution in [2.45, 2.75) is 13.0 Å². The molecular formula is C10H19N3O. The normalized spacial score (nSPS) is 20.6. The van der Waals surface area contributed by atoms with Crippen LogP contribution < -0.4 is 5.73 Å². The Labute approximate surface area is 85.3 Å². The second-order valence-corrected chi connectivity index (χ2v) is 3.65. The van der Waals surface area contributed by atoms with Gasteiger partial charge in [0.25, 0.3) is 0 Å². The summed E-state index contributed by atoms with van der Waals surface area (Å²) in [5.74, 6) is 0.0325. The fourth-order valence-electron chi connectivity index (χ4n) is 1.66. The minimum atomic E-state index is 0.0325. The van der Waals surface area contributed by atoms with Crippen molar-refractivity contribution < 1.29 is 4.79 Å². The van der Waals surface area contributed by atoms with Crippen LogP contribution in [0.15, 0.2) is 12.7 Å². The molecule has 0 saturated carbocycles. The van der Waals surface area contributed by atoms with E-state index in [2.05, 4.69) is 18.4 Å². The first-order valence-electron chi connectivity index (χ1n) is 5.04. The van der Waals surface area contributed by atoms with Gasteiger partial charge in [-0.2, -0.15) is 0 Å². The van der Waals surface area contributed by atoms with Gasteiger partial charge in [-0.25, -0.2) is 0 Å². The van der Waals surface area contributed by atoms with E-state index < -0.39 is 0 Å². The first kappa shape index (κ1) is 11.2. The monoisotopic (exact) mass is 197 g/mol. The lowest BCUT2D eigenvalue weighted by Gasteiger charge is -2.37. The van der Waals surface area contributed by atoms with Crippen LogP contribution in [0.4, 0.5) is 0 Å². The molecule has 1 saturated heterocycles. The van der Waals surface area contributed by atoms with Gasteiger partial charge in [0, 0.05) is 38.8 Å². The fraction of sp³-hybridized carbons (Fsp3) is 0.700. The summed E-state index contributed by atoms with van der Waals surface area (Å²) in [6.45, 7) is 9.68. The van der Waals surface area contributed by atoms with Gasteiger partial charge in [-0.1, -0.05) is 6.58 Å². The number of nitrogens with zero attached hydrogens (tertiary/aromatic N) is 2. The van der Waals surface area contributed by atoms with E-state index in [1.807, 2.05) is 4.90 Å². The Balaban J connectivity index is 2.38. The van der Waals surface area contributed by atoms with Crippen molar-refractivity contribution in [1.29, 1.82) is 0 Å². The van der Waals surface area contributed by atoms with E-state index in [4.69, 9.17) is 5.73 Å². The van der Waals surface area contributed by atoms with Crippen LogP contribution in [0.5, 0.6) is 0 Å². The van der Waals surface area contributed by atoms with Gasteiger partial charge in [0.05, 0.1) is 0 Å². The summed E-state index contributed by atoms with van der Waals surface area (Å²) in [7, 11) is 0. The first-order valence-corrected chi connectivity index (χ1v) is 5.04. The predicted octanol–water partition coefficient (Wildman–Crippen LogP) is -0.336. The highest BCUT2D eigenvalue weighted by Gasteiger charge is 2.21. The average Bonchev–Trinajstić information content (AvgIpc) is 2.27. The van der Waals surface area contributed by atoms with Gasteiger partial charge in [0.1, 0.15) is 0 Å². The Morgan fingerprint density at radius 2 is 2.07 bits per heavy atom. The second kappa shape index (κ2) is 5.12. The topological polar surface area (TPSA) is 49.6 Å². The van der Waals surface area contributed by atoms with Crippen molar-refractivity contribution in [3.63, 3.8) is 0 Å². The van der Waals surface area contributed by atoms with Crippen molar-refractivity contribution in [2.75, 3.05) is 32.7 Å². The van der Waals surface area contributed by atoms with Crippen molar-refractivity contribution in [1.82, 2.24) is 9.80 Å². The van der Waals surface area contributed by atoms with Gasteiger partial charge in [-0.05, 0) is 13.0 Å². The van der Waals surface area contributed by atoms with Crippen LogP contribution in [0.2, 0.25) is 0 Å². The molecule has 2 N–H and O–H groups in total. The number of rotatable bonds is 3. The Kier molecular flexibility index (Phi) is 4.10. The van der Waals surface area contributed by atoms with Crippen LogP contribution in [0.25, 0.3) is 0 Å². The zero-order valence-corrected chi connectivity index (χ0v) is 8.78. The molecule has 0 radical (unpaired) electrons. The lowest BCUT2D eigenvalue weighted by Crippen LogP contribution is -2.52. The Morgan fingerprint density at radius 1 is 1.50 bits per heavy atom. The third-order valence-electron chi connectivity index (χ3n) is 2.77. The third-order valence-corrected chi connectivity index (χ3v) is 2.77. The van der Waals surface area contributed by atoms with Gasteiger partial charge in [0.2, 0.25) is 5.91 Å². The standard InChI is InChI=1S/C10H19N3O/c1-3-10(14)13-6-4-12(5-7-13)9(2)8-11/h3,9H,1,4-8,11H2,2H3/t9-/m1/s1. The zero-order valence-electron chi connectivity index (χ0n) is 8.78. The highest BCUT2D eigenvalue weighted by molar-refractivity contribution is 5.87. The van der Waals surface area contributed by atoms with E-state index in [-0.39, 0.29) is 5.91 Å². The largest absolute Gasteiger partial charge is 0.337 e. The summed E-state index contributed by atoms with van der Waals surface area (Å²) >= 11 is 0. The Hall–Kier alpha value is -0.870. The molecule has 0 aromatic rings. The van der Waals surface area contributed by atoms with Crippen molar-refractivity contribution >= 4 is 5.91 Å². The first-order chi connectivity index (χ1) is 6.69. The molecule has 1 fully saturated rings. The molecule has 0 aromatic heterocycles. The number of piperazine rings is 1. The van der Waals surface area contributed by atoms with E-state index in [0.29, 0.717) is 12.6 Å². The molecule has 0 aliphatic carbocycles. The summed E-state index contributed by atoms with van der Waals surface area (Å²) in [5.41, 5.74) is 5.59. The Bertz CT molecular complexity index is 209. The lowest BCUT2D eigenvalue weighted by molar-refractivity contribution is -0.127. The minimum absolute atomic E-state index is 0.0325. The summed E-state index contributed by atoms with van der Waals surface area (Å²) in [5, 5.41) is 0. The van der Waals surface area contributed by atoms with Crippen molar-refractivity contribution in [2.24, 2.45) is 5.73 Å². The maximum Gasteiger partial charge on any atom is 0.246 e. The van der Waals surface area contributed by atoms with Gasteiger partial charge in [-0.3, -0.25) is 9.69 Å². The van der Waals surface area contributed by atoms with Crippen molar-refractivity contribution in [3.05, 3.63) is 12.7 Å². The molecule has 4 nitrogen and oxygen atoms in total. The number of hydrogen-bond donors (Lipinski definition) is 1. The van der Waals surface area contributed by atoms with Crippen LogP contribution in [0, 0.1) is 0 Å². The van der Waals surface area contributed by atoms with E-state index >= 15 is 0 Å². The van der Waals surface area contributed by atoms with Crippen LogP contribution >= 0.6 is 0 Å². The molecule has 0 bridgehead atoms. The number of carbonyl (C=O) groups excluding carboxylic acids is 1. The maximum absolute atomic E-state index is 11.3. The van der Waals surface area contributed by atoms with Crippen LogP contribution in [0.3, 0.4) is 0 Å². The molecule has 1 atom stereocenters. The summed E-state index contributed by atoms with van der Waals surface area (Å²) < 4.78 is 0. The molecular weight excluding hydrogens is 178 g/mol. The highest BCUT2D eigenvalue weighted by atomic mass is 16.2. The highest BCUT2D eigenvalue weighted by Crippen LogP contribution is 2.05. The molecule has 1 aliphatic rings. The quantitative estimate of drug-likeness (QED) is 0.630. The molecule has 4 heteroatoms. The number of nitrogens with two attached hydrogens (primary N) is 1. The van der Waals surface area contributed by atoms with Crippen LogP contribution in [-0.2, 0) is 4.79 Å². The molecule has 1 aliphatic heterocycles. The molecule has 1 amide bonds. The molecule has 1 rings (SSSR count). The van der Waals surface area contributed by atoms with Crippen LogP contribution in [-0.4, -0.2) is 54.5 Å². The molecule has 1 heterocycles. The summed E-state index contributed by atoms with van der Waals surface area (Å²) in [4.78, 5) is 15.4. The molecule has 14 heavy (non-hydrogen) atoms. The summed E-state index contributed by atoms with van der Waals surface area (Å²) in [6.07, 6.45) is 1.38. The van der Waals surface area contributed by atoms with Crippen LogP contribution in [0.1, 0.15) is 6.92 Å². The maximum atomic E-state index is 11.3. The van der Waals surface area contributed by atoms with E-state index in [1.54, 1.807) is 0 Å². The van der Waals surface area contributed by atoms with Crippen molar-refractivity contribution in [3.8, 4) is 0 Å². The third kappa shape index (κ3) is 2.56. The van der Waals surface area contributed by atoms with Gasteiger partial charge in [-0.15, -0.1) is 0 Å². The van der Waals surface area contributed by atoms with Gasteiger partial charge >= 0.3 is 0 Å². The number of amides is 1. The van der Waals surface area contributed by atoms with E-state index in [0.717, 1.165) is 26.2 Å². The number of hydrogen-bond acceptors (Lipinski definition) is 3. The van der Waals surface area contributed by atoms with Gasteiger partial charge < -0.3 is 10.6 Å². The average molecular weight is 197 g/mol. The minimum Gasteiger partial charge on any atom is -0.337 e. The second-order valence-electron chi connectivity index (χ2n) is 3.65. The SMILES string of the molecule is C=CC(=O)N1CCN([C@H](C)CN)CC1. The predicted molar refractivity (Wildman–Crippen MR) is 56.9 cm³/mol. The lowest BCUT2D eigenvalue weighted by atomic mass is 10.2.